The number of rotatable bonds is 5. The minimum atomic E-state index is 0.132. The summed E-state index contributed by atoms with van der Waals surface area (Å²) < 4.78 is 0. The average molecular weight is 327 g/mol. The molecule has 0 aliphatic carbocycles. The summed E-state index contributed by atoms with van der Waals surface area (Å²) in [5.41, 5.74) is 7.19. The Kier molecular flexibility index (Phi) is 5.73. The number of nitrogens with two attached hydrogens (primary N) is 1. The fourth-order valence-corrected chi connectivity index (χ4v) is 3.11. The number of pyridine rings is 1. The summed E-state index contributed by atoms with van der Waals surface area (Å²) in [7, 11) is 0. The third kappa shape index (κ3) is 4.13. The van der Waals surface area contributed by atoms with Crippen LogP contribution in [0.5, 0.6) is 0 Å². The van der Waals surface area contributed by atoms with Crippen molar-refractivity contribution in [3.63, 3.8) is 0 Å². The monoisotopic (exact) mass is 326 g/mol. The Hall–Kier alpha value is -0.740. The van der Waals surface area contributed by atoms with Gasteiger partial charge in [-0.3, -0.25) is 0 Å². The molecule has 5 heteroatoms. The van der Waals surface area contributed by atoms with E-state index in [1.165, 1.54) is 0 Å². The maximum Gasteiger partial charge on any atom is 0.119 e. The summed E-state index contributed by atoms with van der Waals surface area (Å²) >= 11 is 13.8. The summed E-state index contributed by atoms with van der Waals surface area (Å²) in [4.78, 5) is 5.40. The lowest BCUT2D eigenvalue weighted by atomic mass is 10.0. The van der Waals surface area contributed by atoms with E-state index in [0.717, 1.165) is 33.3 Å². The predicted molar refractivity (Wildman–Crippen MR) is 86.8 cm³/mol. The topological polar surface area (TPSA) is 38.9 Å². The molecule has 1 unspecified atom stereocenters. The van der Waals surface area contributed by atoms with Crippen molar-refractivity contribution < 1.29 is 0 Å². The van der Waals surface area contributed by atoms with Crippen LogP contribution in [0, 0.1) is 0 Å². The van der Waals surface area contributed by atoms with Gasteiger partial charge in [-0.15, -0.1) is 0 Å². The molecule has 0 saturated carbocycles. The highest BCUT2D eigenvalue weighted by molar-refractivity contribution is 7.99. The predicted octanol–water partition coefficient (Wildman–Crippen LogP) is 4.82. The zero-order chi connectivity index (χ0) is 14.5. The van der Waals surface area contributed by atoms with Crippen LogP contribution >= 0.6 is 35.0 Å². The standard InChI is InChI=1S/C15H16Cl2N2S/c1-2-12(18)9-10-8-11(16)5-6-14(10)20-15-13(17)4-3-7-19-15/h3-8,12H,2,9,18H2,1H3. The van der Waals surface area contributed by atoms with Gasteiger partial charge in [0.2, 0.25) is 0 Å². The summed E-state index contributed by atoms with van der Waals surface area (Å²) in [5, 5.41) is 2.17. The molecule has 2 aromatic rings. The number of halogens is 2. The van der Waals surface area contributed by atoms with Crippen molar-refractivity contribution in [1.29, 1.82) is 0 Å². The highest BCUT2D eigenvalue weighted by Crippen LogP contribution is 2.35. The molecule has 0 saturated heterocycles. The molecule has 0 amide bonds. The minimum Gasteiger partial charge on any atom is -0.327 e. The molecule has 1 heterocycles. The summed E-state index contributed by atoms with van der Waals surface area (Å²) in [5.74, 6) is 0. The van der Waals surface area contributed by atoms with E-state index in [9.17, 15) is 0 Å². The first kappa shape index (κ1) is 15.6. The zero-order valence-electron chi connectivity index (χ0n) is 11.1. The van der Waals surface area contributed by atoms with Crippen LogP contribution < -0.4 is 5.73 Å². The van der Waals surface area contributed by atoms with E-state index in [0.29, 0.717) is 5.02 Å². The lowest BCUT2D eigenvalue weighted by molar-refractivity contribution is 0.641. The first-order chi connectivity index (χ1) is 9.60. The van der Waals surface area contributed by atoms with Crippen LogP contribution in [0.4, 0.5) is 0 Å². The summed E-state index contributed by atoms with van der Waals surface area (Å²) in [6.07, 6.45) is 3.46. The van der Waals surface area contributed by atoms with E-state index in [1.54, 1.807) is 18.0 Å². The Morgan fingerprint density at radius 1 is 1.30 bits per heavy atom. The second-order valence-corrected chi connectivity index (χ2v) is 6.39. The molecule has 1 atom stereocenters. The van der Waals surface area contributed by atoms with Crippen molar-refractivity contribution in [3.05, 3.63) is 52.1 Å². The van der Waals surface area contributed by atoms with E-state index >= 15 is 0 Å². The smallest absolute Gasteiger partial charge is 0.119 e. The number of nitrogens with zero attached hydrogens (tertiary/aromatic N) is 1. The largest absolute Gasteiger partial charge is 0.327 e. The Bertz CT molecular complexity index is 590. The fraction of sp³-hybridized carbons (Fsp3) is 0.267. The number of hydrogen-bond acceptors (Lipinski definition) is 3. The third-order valence-corrected chi connectivity index (χ3v) is 4.75. The van der Waals surface area contributed by atoms with Crippen LogP contribution in [0.1, 0.15) is 18.9 Å². The highest BCUT2D eigenvalue weighted by atomic mass is 35.5. The number of benzene rings is 1. The Morgan fingerprint density at radius 3 is 2.80 bits per heavy atom. The van der Waals surface area contributed by atoms with Gasteiger partial charge in [0.15, 0.2) is 0 Å². The molecule has 1 aromatic carbocycles. The van der Waals surface area contributed by atoms with Crippen LogP contribution in [0.25, 0.3) is 0 Å². The average Bonchev–Trinajstić information content (AvgIpc) is 2.44. The maximum absolute atomic E-state index is 6.16. The van der Waals surface area contributed by atoms with E-state index in [1.807, 2.05) is 30.3 Å². The normalized spacial score (nSPS) is 12.4. The lowest BCUT2D eigenvalue weighted by Crippen LogP contribution is -2.21. The summed E-state index contributed by atoms with van der Waals surface area (Å²) in [6, 6.07) is 9.63. The van der Waals surface area contributed by atoms with Crippen molar-refractivity contribution in [1.82, 2.24) is 4.98 Å². The third-order valence-electron chi connectivity index (χ3n) is 2.96. The molecule has 2 nitrogen and oxygen atoms in total. The fourth-order valence-electron chi connectivity index (χ4n) is 1.78. The molecular weight excluding hydrogens is 311 g/mol. The Balaban J connectivity index is 2.29. The van der Waals surface area contributed by atoms with Gasteiger partial charge in [-0.2, -0.15) is 0 Å². The van der Waals surface area contributed by atoms with E-state index in [4.69, 9.17) is 28.9 Å². The molecule has 0 spiro atoms. The van der Waals surface area contributed by atoms with Gasteiger partial charge in [0.25, 0.3) is 0 Å². The van der Waals surface area contributed by atoms with E-state index in [-0.39, 0.29) is 6.04 Å². The van der Waals surface area contributed by atoms with Gasteiger partial charge in [0.1, 0.15) is 5.03 Å². The van der Waals surface area contributed by atoms with Gasteiger partial charge in [0.05, 0.1) is 5.02 Å². The molecule has 1 aromatic heterocycles. The number of aromatic nitrogens is 1. The van der Waals surface area contributed by atoms with Gasteiger partial charge in [-0.25, -0.2) is 4.98 Å². The molecule has 0 aliphatic rings. The van der Waals surface area contributed by atoms with Gasteiger partial charge >= 0.3 is 0 Å². The van der Waals surface area contributed by atoms with E-state index in [2.05, 4.69) is 11.9 Å². The first-order valence-electron chi connectivity index (χ1n) is 6.42. The van der Waals surface area contributed by atoms with Crippen molar-refractivity contribution in [2.75, 3.05) is 0 Å². The van der Waals surface area contributed by atoms with Gasteiger partial charge in [0, 0.05) is 22.2 Å². The van der Waals surface area contributed by atoms with Crippen LogP contribution in [0.2, 0.25) is 10.0 Å². The van der Waals surface area contributed by atoms with Gasteiger partial charge in [-0.05, 0) is 48.7 Å². The van der Waals surface area contributed by atoms with Gasteiger partial charge in [-0.1, -0.05) is 41.9 Å². The molecule has 106 valence electrons. The minimum absolute atomic E-state index is 0.132. The van der Waals surface area contributed by atoms with Crippen LogP contribution in [0.3, 0.4) is 0 Å². The SMILES string of the molecule is CCC(N)Cc1cc(Cl)ccc1Sc1ncccc1Cl. The summed E-state index contributed by atoms with van der Waals surface area (Å²) in [6.45, 7) is 2.08. The quantitative estimate of drug-likeness (QED) is 0.856. The molecule has 2 rings (SSSR count). The van der Waals surface area contributed by atoms with Crippen molar-refractivity contribution in [2.45, 2.75) is 35.7 Å². The molecular formula is C15H16Cl2N2S. The number of hydrogen-bond donors (Lipinski definition) is 1. The maximum atomic E-state index is 6.16. The zero-order valence-corrected chi connectivity index (χ0v) is 13.5. The highest BCUT2D eigenvalue weighted by Gasteiger charge is 2.11. The van der Waals surface area contributed by atoms with E-state index < -0.39 is 0 Å². The molecule has 20 heavy (non-hydrogen) atoms. The second-order valence-electron chi connectivity index (χ2n) is 4.52. The molecule has 2 N–H and O–H groups in total. The van der Waals surface area contributed by atoms with Crippen molar-refractivity contribution in [2.24, 2.45) is 5.73 Å². The van der Waals surface area contributed by atoms with Crippen LogP contribution in [0.15, 0.2) is 46.5 Å². The molecule has 0 aliphatic heterocycles. The first-order valence-corrected chi connectivity index (χ1v) is 7.99. The molecule has 0 radical (unpaired) electrons. The molecule has 0 bridgehead atoms. The Morgan fingerprint density at radius 2 is 2.10 bits per heavy atom. The van der Waals surface area contributed by atoms with Gasteiger partial charge < -0.3 is 5.73 Å². The van der Waals surface area contributed by atoms with Crippen LogP contribution in [-0.4, -0.2) is 11.0 Å². The van der Waals surface area contributed by atoms with Crippen LogP contribution in [-0.2, 0) is 6.42 Å². The second kappa shape index (κ2) is 7.32. The lowest BCUT2D eigenvalue weighted by Gasteiger charge is -2.13. The van der Waals surface area contributed by atoms with Crippen molar-refractivity contribution in [3.8, 4) is 0 Å². The Labute approximate surface area is 133 Å². The molecule has 0 fully saturated rings. The van der Waals surface area contributed by atoms with Crippen molar-refractivity contribution >= 4 is 35.0 Å².